The van der Waals surface area contributed by atoms with Crippen LogP contribution in [0.3, 0.4) is 0 Å². The van der Waals surface area contributed by atoms with E-state index in [0.29, 0.717) is 24.4 Å². The number of carbonyl (C=O) groups excluding carboxylic acids is 1. The van der Waals surface area contributed by atoms with Gasteiger partial charge in [-0.05, 0) is 49.3 Å². The molecule has 6 heteroatoms. The number of carbonyl (C=O) groups is 1. The van der Waals surface area contributed by atoms with Crippen molar-refractivity contribution < 1.29 is 23.8 Å². The zero-order valence-corrected chi connectivity index (χ0v) is 19.4. The normalized spacial score (nSPS) is 31.5. The lowest BCUT2D eigenvalue weighted by Crippen LogP contribution is -2.61. The van der Waals surface area contributed by atoms with Gasteiger partial charge in [-0.1, -0.05) is 32.4 Å². The SMILES string of the molecule is CC(=O)O[C@@H]1[C@@H](O)C[C@@]2(C)[C@H](COc3ccc4ccc(=O)oc4c3)C(C)=CC[C@@H]2C1(C)C. The van der Waals surface area contributed by atoms with Crippen molar-refractivity contribution in [2.45, 2.75) is 59.7 Å². The van der Waals surface area contributed by atoms with E-state index in [1.54, 1.807) is 12.1 Å². The van der Waals surface area contributed by atoms with Crippen molar-refractivity contribution in [2.24, 2.45) is 22.7 Å². The molecular formula is C26H32O6. The van der Waals surface area contributed by atoms with Crippen molar-refractivity contribution in [1.29, 1.82) is 0 Å². The summed E-state index contributed by atoms with van der Waals surface area (Å²) in [5.74, 6) is 0.580. The molecule has 2 aromatic rings. The van der Waals surface area contributed by atoms with Crippen LogP contribution in [0.4, 0.5) is 0 Å². The molecule has 1 aromatic heterocycles. The third-order valence-corrected chi connectivity index (χ3v) is 7.75. The summed E-state index contributed by atoms with van der Waals surface area (Å²) in [5.41, 5.74) is 0.733. The molecule has 1 heterocycles. The van der Waals surface area contributed by atoms with Crippen LogP contribution in [0.1, 0.15) is 47.5 Å². The number of esters is 1. The molecule has 1 aromatic carbocycles. The van der Waals surface area contributed by atoms with E-state index >= 15 is 0 Å². The van der Waals surface area contributed by atoms with Gasteiger partial charge in [0, 0.05) is 35.8 Å². The van der Waals surface area contributed by atoms with Crippen LogP contribution in [0.5, 0.6) is 5.75 Å². The van der Waals surface area contributed by atoms with Gasteiger partial charge in [0.1, 0.15) is 17.4 Å². The predicted octanol–water partition coefficient (Wildman–Crippen LogP) is 4.48. The van der Waals surface area contributed by atoms with Crippen molar-refractivity contribution in [3.8, 4) is 5.75 Å². The maximum atomic E-state index is 11.7. The van der Waals surface area contributed by atoms with Crippen molar-refractivity contribution in [3.05, 3.63) is 52.4 Å². The fourth-order valence-corrected chi connectivity index (χ4v) is 6.21. The third-order valence-electron chi connectivity index (χ3n) is 7.75. The first-order chi connectivity index (χ1) is 15.0. The number of fused-ring (bicyclic) bond motifs is 2. The average molecular weight is 441 g/mol. The van der Waals surface area contributed by atoms with Crippen LogP contribution < -0.4 is 10.4 Å². The van der Waals surface area contributed by atoms with E-state index in [9.17, 15) is 14.7 Å². The molecule has 0 aliphatic heterocycles. The molecule has 0 unspecified atom stereocenters. The van der Waals surface area contributed by atoms with Crippen LogP contribution in [-0.2, 0) is 9.53 Å². The van der Waals surface area contributed by atoms with Crippen molar-refractivity contribution in [3.63, 3.8) is 0 Å². The van der Waals surface area contributed by atoms with Crippen LogP contribution in [0.25, 0.3) is 11.0 Å². The minimum Gasteiger partial charge on any atom is -0.493 e. The lowest BCUT2D eigenvalue weighted by molar-refractivity contribution is -0.201. The summed E-state index contributed by atoms with van der Waals surface area (Å²) < 4.78 is 17.1. The lowest BCUT2D eigenvalue weighted by atomic mass is 9.47. The fraction of sp³-hybridized carbons (Fsp3) is 0.538. The second-order valence-corrected chi connectivity index (χ2v) is 10.2. The molecule has 2 aliphatic rings. The van der Waals surface area contributed by atoms with Crippen LogP contribution in [0.15, 0.2) is 51.2 Å². The van der Waals surface area contributed by atoms with Gasteiger partial charge in [0.15, 0.2) is 0 Å². The first kappa shape index (κ1) is 22.6. The van der Waals surface area contributed by atoms with Crippen LogP contribution in [0, 0.1) is 22.7 Å². The summed E-state index contributed by atoms with van der Waals surface area (Å²) in [4.78, 5) is 23.2. The monoisotopic (exact) mass is 440 g/mol. The highest BCUT2D eigenvalue weighted by Crippen LogP contribution is 2.60. The molecule has 1 N–H and O–H groups in total. The topological polar surface area (TPSA) is 86.0 Å². The van der Waals surface area contributed by atoms with E-state index < -0.39 is 17.8 Å². The van der Waals surface area contributed by atoms with Gasteiger partial charge >= 0.3 is 11.6 Å². The van der Waals surface area contributed by atoms with Crippen LogP contribution >= 0.6 is 0 Å². The van der Waals surface area contributed by atoms with Gasteiger partial charge < -0.3 is 19.0 Å². The molecule has 1 fully saturated rings. The predicted molar refractivity (Wildman–Crippen MR) is 121 cm³/mol. The number of ether oxygens (including phenoxy) is 2. The molecule has 0 saturated heterocycles. The number of rotatable bonds is 4. The standard InChI is InChI=1S/C26H32O6/c1-15-6-10-22-25(3,4)24(31-16(2)27)20(28)13-26(22,5)19(15)14-30-18-9-7-17-8-11-23(29)32-21(17)12-18/h6-9,11-12,19-20,22,24,28H,10,13-14H2,1-5H3/t19-,20+,22-,24-,26+/m1/s1. The highest BCUT2D eigenvalue weighted by molar-refractivity contribution is 5.77. The molecule has 1 saturated carbocycles. The maximum Gasteiger partial charge on any atom is 0.336 e. The summed E-state index contributed by atoms with van der Waals surface area (Å²) in [6.07, 6.45) is 2.39. The molecule has 2 aliphatic carbocycles. The van der Waals surface area contributed by atoms with Gasteiger partial charge in [-0.15, -0.1) is 0 Å². The Morgan fingerprint density at radius 2 is 1.94 bits per heavy atom. The molecule has 172 valence electrons. The Morgan fingerprint density at radius 3 is 2.66 bits per heavy atom. The summed E-state index contributed by atoms with van der Waals surface area (Å²) >= 11 is 0. The van der Waals surface area contributed by atoms with E-state index in [-0.39, 0.29) is 28.6 Å². The van der Waals surface area contributed by atoms with Gasteiger partial charge in [-0.3, -0.25) is 4.79 Å². The molecule has 0 spiro atoms. The number of benzene rings is 1. The Kier molecular flexibility index (Phi) is 5.70. The first-order valence-corrected chi connectivity index (χ1v) is 11.2. The van der Waals surface area contributed by atoms with E-state index in [1.807, 2.05) is 12.1 Å². The Balaban J connectivity index is 1.60. The number of aliphatic hydroxyl groups excluding tert-OH is 1. The third kappa shape index (κ3) is 3.85. The highest BCUT2D eigenvalue weighted by atomic mass is 16.6. The summed E-state index contributed by atoms with van der Waals surface area (Å²) in [5, 5.41) is 11.9. The number of aliphatic hydroxyl groups is 1. The minimum absolute atomic E-state index is 0.0898. The molecule has 4 rings (SSSR count). The van der Waals surface area contributed by atoms with Crippen LogP contribution in [-0.4, -0.2) is 29.9 Å². The summed E-state index contributed by atoms with van der Waals surface area (Å²) in [6.45, 7) is 10.3. The van der Waals surface area contributed by atoms with E-state index in [1.165, 1.54) is 18.6 Å². The maximum absolute atomic E-state index is 11.7. The van der Waals surface area contributed by atoms with E-state index in [2.05, 4.69) is 33.8 Å². The molecule has 5 atom stereocenters. The smallest absolute Gasteiger partial charge is 0.336 e. The largest absolute Gasteiger partial charge is 0.493 e. The Morgan fingerprint density at radius 1 is 1.22 bits per heavy atom. The fourth-order valence-electron chi connectivity index (χ4n) is 6.21. The molecule has 0 radical (unpaired) electrons. The lowest BCUT2D eigenvalue weighted by Gasteiger charge is -2.59. The van der Waals surface area contributed by atoms with Gasteiger partial charge in [0.05, 0.1) is 12.7 Å². The van der Waals surface area contributed by atoms with Crippen molar-refractivity contribution >= 4 is 16.9 Å². The average Bonchev–Trinajstić information content (AvgIpc) is 2.70. The Labute approximate surface area is 188 Å². The highest BCUT2D eigenvalue weighted by Gasteiger charge is 2.59. The second-order valence-electron chi connectivity index (χ2n) is 10.2. The Hall–Kier alpha value is -2.60. The zero-order valence-electron chi connectivity index (χ0n) is 19.4. The van der Waals surface area contributed by atoms with Gasteiger partial charge in [-0.25, -0.2) is 4.79 Å². The van der Waals surface area contributed by atoms with Crippen molar-refractivity contribution in [2.75, 3.05) is 6.61 Å². The number of allylic oxidation sites excluding steroid dienone is 1. The molecular weight excluding hydrogens is 408 g/mol. The minimum atomic E-state index is -0.738. The van der Waals surface area contributed by atoms with Gasteiger partial charge in [0.25, 0.3) is 0 Å². The second kappa shape index (κ2) is 8.07. The van der Waals surface area contributed by atoms with Crippen LogP contribution in [0.2, 0.25) is 0 Å². The zero-order chi connectivity index (χ0) is 23.3. The quantitative estimate of drug-likeness (QED) is 0.429. The molecule has 32 heavy (non-hydrogen) atoms. The molecule has 0 bridgehead atoms. The summed E-state index contributed by atoms with van der Waals surface area (Å²) in [6, 6.07) is 8.63. The number of hydrogen-bond acceptors (Lipinski definition) is 6. The molecule has 0 amide bonds. The van der Waals surface area contributed by atoms with Crippen molar-refractivity contribution in [1.82, 2.24) is 0 Å². The first-order valence-electron chi connectivity index (χ1n) is 11.2. The molecule has 6 nitrogen and oxygen atoms in total. The van der Waals surface area contributed by atoms with Gasteiger partial charge in [-0.2, -0.15) is 0 Å². The Bertz CT molecular complexity index is 1110. The summed E-state index contributed by atoms with van der Waals surface area (Å²) in [7, 11) is 0. The van der Waals surface area contributed by atoms with E-state index in [0.717, 1.165) is 11.8 Å². The number of hydrogen-bond donors (Lipinski definition) is 1. The van der Waals surface area contributed by atoms with E-state index in [4.69, 9.17) is 13.9 Å². The van der Waals surface area contributed by atoms with Gasteiger partial charge in [0.2, 0.25) is 0 Å².